The summed E-state index contributed by atoms with van der Waals surface area (Å²) >= 11 is 0. The number of aromatic nitrogens is 2. The summed E-state index contributed by atoms with van der Waals surface area (Å²) < 4.78 is 1.73. The lowest BCUT2D eigenvalue weighted by Crippen LogP contribution is -2.38. The number of carboxylic acids is 1. The van der Waals surface area contributed by atoms with Gasteiger partial charge >= 0.3 is 11.7 Å². The van der Waals surface area contributed by atoms with Crippen LogP contribution in [0.1, 0.15) is 50.4 Å². The summed E-state index contributed by atoms with van der Waals surface area (Å²) in [7, 11) is 0. The number of rotatable bonds is 5. The number of nitrogens with one attached hydrogen (secondary N) is 1. The van der Waals surface area contributed by atoms with Crippen LogP contribution >= 0.6 is 0 Å². The van der Waals surface area contributed by atoms with Gasteiger partial charge in [-0.25, -0.2) is 9.59 Å². The SMILES string of the molecule is CCC(CC)(CC)n1c(=O)[nH]c2c(C(=O)O)cccc21. The Morgan fingerprint density at radius 1 is 1.25 bits per heavy atom. The number of fused-ring (bicyclic) bond motifs is 1. The Balaban J connectivity index is 2.85. The van der Waals surface area contributed by atoms with Crippen molar-refractivity contribution in [2.75, 3.05) is 0 Å². The van der Waals surface area contributed by atoms with Gasteiger partial charge in [-0.3, -0.25) is 4.57 Å². The number of carboxylic acid groups (broad SMARTS) is 1. The third kappa shape index (κ3) is 1.94. The van der Waals surface area contributed by atoms with E-state index in [1.54, 1.807) is 16.7 Å². The van der Waals surface area contributed by atoms with E-state index in [0.717, 1.165) is 19.3 Å². The second-order valence-corrected chi connectivity index (χ2v) is 5.06. The lowest BCUT2D eigenvalue weighted by molar-refractivity contribution is 0.0699. The van der Waals surface area contributed by atoms with Crippen LogP contribution < -0.4 is 5.69 Å². The number of para-hydroxylation sites is 1. The van der Waals surface area contributed by atoms with Crippen molar-refractivity contribution in [1.29, 1.82) is 0 Å². The van der Waals surface area contributed by atoms with Crippen molar-refractivity contribution in [2.45, 2.75) is 45.6 Å². The van der Waals surface area contributed by atoms with Gasteiger partial charge in [-0.15, -0.1) is 0 Å². The molecule has 0 aliphatic heterocycles. The van der Waals surface area contributed by atoms with E-state index in [2.05, 4.69) is 25.8 Å². The molecule has 20 heavy (non-hydrogen) atoms. The number of carbonyl (C=O) groups is 1. The second kappa shape index (κ2) is 5.15. The molecule has 2 rings (SSSR count). The van der Waals surface area contributed by atoms with Crippen molar-refractivity contribution in [3.8, 4) is 0 Å². The summed E-state index contributed by atoms with van der Waals surface area (Å²) in [5, 5.41) is 9.23. The zero-order chi connectivity index (χ0) is 14.9. The number of aromatic carboxylic acids is 1. The zero-order valence-electron chi connectivity index (χ0n) is 12.1. The summed E-state index contributed by atoms with van der Waals surface area (Å²) in [5.74, 6) is -1.03. The van der Waals surface area contributed by atoms with Gasteiger partial charge in [-0.05, 0) is 31.4 Å². The molecule has 0 aliphatic rings. The van der Waals surface area contributed by atoms with E-state index >= 15 is 0 Å². The molecule has 0 spiro atoms. The number of H-pyrrole nitrogens is 1. The van der Waals surface area contributed by atoms with E-state index in [4.69, 9.17) is 0 Å². The fourth-order valence-corrected chi connectivity index (χ4v) is 3.00. The minimum atomic E-state index is -1.03. The fraction of sp³-hybridized carbons (Fsp3) is 0.467. The van der Waals surface area contributed by atoms with Gasteiger partial charge < -0.3 is 10.1 Å². The summed E-state index contributed by atoms with van der Waals surface area (Å²) in [6.45, 7) is 6.16. The molecule has 0 aliphatic carbocycles. The van der Waals surface area contributed by atoms with Crippen molar-refractivity contribution in [1.82, 2.24) is 9.55 Å². The zero-order valence-corrected chi connectivity index (χ0v) is 12.1. The number of hydrogen-bond acceptors (Lipinski definition) is 2. The highest BCUT2D eigenvalue weighted by molar-refractivity contribution is 6.00. The van der Waals surface area contributed by atoms with Gasteiger partial charge in [0.2, 0.25) is 0 Å². The van der Waals surface area contributed by atoms with E-state index in [0.29, 0.717) is 11.0 Å². The normalized spacial score (nSPS) is 11.9. The highest BCUT2D eigenvalue weighted by Gasteiger charge is 2.30. The summed E-state index contributed by atoms with van der Waals surface area (Å²) in [5.41, 5.74) is 0.701. The molecule has 0 bridgehead atoms. The van der Waals surface area contributed by atoms with E-state index in [-0.39, 0.29) is 16.8 Å². The van der Waals surface area contributed by atoms with Gasteiger partial charge in [0, 0.05) is 5.54 Å². The Labute approximate surface area is 117 Å². The largest absolute Gasteiger partial charge is 0.478 e. The number of imidazole rings is 1. The smallest absolute Gasteiger partial charge is 0.337 e. The van der Waals surface area contributed by atoms with E-state index < -0.39 is 5.97 Å². The van der Waals surface area contributed by atoms with Gasteiger partial charge in [0.15, 0.2) is 0 Å². The van der Waals surface area contributed by atoms with Crippen molar-refractivity contribution < 1.29 is 9.90 Å². The Bertz CT molecular complexity index is 684. The van der Waals surface area contributed by atoms with Gasteiger partial charge in [-0.1, -0.05) is 26.8 Å². The van der Waals surface area contributed by atoms with Crippen LogP contribution in [0, 0.1) is 0 Å². The third-order valence-electron chi connectivity index (χ3n) is 4.40. The number of aromatic amines is 1. The van der Waals surface area contributed by atoms with Crippen molar-refractivity contribution >= 4 is 17.0 Å². The molecule has 0 unspecified atom stereocenters. The molecule has 0 atom stereocenters. The maximum Gasteiger partial charge on any atom is 0.337 e. The molecule has 1 aromatic heterocycles. The Morgan fingerprint density at radius 2 is 1.85 bits per heavy atom. The molecule has 0 saturated carbocycles. The lowest BCUT2D eigenvalue weighted by Gasteiger charge is -2.32. The Kier molecular flexibility index (Phi) is 3.70. The second-order valence-electron chi connectivity index (χ2n) is 5.06. The van der Waals surface area contributed by atoms with Crippen LogP contribution in [0.2, 0.25) is 0 Å². The monoisotopic (exact) mass is 276 g/mol. The lowest BCUT2D eigenvalue weighted by atomic mass is 9.89. The first kappa shape index (κ1) is 14.4. The van der Waals surface area contributed by atoms with E-state index in [1.165, 1.54) is 6.07 Å². The molecule has 0 saturated heterocycles. The minimum Gasteiger partial charge on any atom is -0.478 e. The summed E-state index contributed by atoms with van der Waals surface area (Å²) in [6.07, 6.45) is 2.47. The van der Waals surface area contributed by atoms with E-state index in [9.17, 15) is 14.7 Å². The maximum atomic E-state index is 12.4. The maximum absolute atomic E-state index is 12.4. The molecular weight excluding hydrogens is 256 g/mol. The molecular formula is C15H20N2O3. The molecule has 2 aromatic rings. The fourth-order valence-electron chi connectivity index (χ4n) is 3.00. The first-order valence-electron chi connectivity index (χ1n) is 6.98. The molecule has 0 amide bonds. The molecule has 0 radical (unpaired) electrons. The first-order chi connectivity index (χ1) is 9.50. The predicted octanol–water partition coefficient (Wildman–Crippen LogP) is 2.95. The third-order valence-corrected chi connectivity index (χ3v) is 4.40. The predicted molar refractivity (Wildman–Crippen MR) is 78.4 cm³/mol. The van der Waals surface area contributed by atoms with Crippen LogP contribution in [-0.4, -0.2) is 20.6 Å². The molecule has 5 nitrogen and oxygen atoms in total. The van der Waals surface area contributed by atoms with Gasteiger partial charge in [0.05, 0.1) is 16.6 Å². The van der Waals surface area contributed by atoms with Crippen LogP contribution in [0.15, 0.2) is 23.0 Å². The van der Waals surface area contributed by atoms with Crippen molar-refractivity contribution in [3.63, 3.8) is 0 Å². The topological polar surface area (TPSA) is 75.1 Å². The van der Waals surface area contributed by atoms with Crippen LogP contribution in [-0.2, 0) is 5.54 Å². The van der Waals surface area contributed by atoms with Crippen LogP contribution in [0.3, 0.4) is 0 Å². The highest BCUT2D eigenvalue weighted by Crippen LogP contribution is 2.31. The number of nitrogens with zero attached hydrogens (tertiary/aromatic N) is 1. The number of hydrogen-bond donors (Lipinski definition) is 2. The standard InChI is InChI=1S/C15H20N2O3/c1-4-15(5-2,6-3)17-11-9-7-8-10(13(18)19)12(11)16-14(17)20/h7-9H,4-6H2,1-3H3,(H,16,20)(H,18,19). The van der Waals surface area contributed by atoms with Crippen LogP contribution in [0.25, 0.3) is 11.0 Å². The Hall–Kier alpha value is -2.04. The number of benzene rings is 1. The molecule has 5 heteroatoms. The molecule has 2 N–H and O–H groups in total. The average Bonchev–Trinajstić information content (AvgIpc) is 2.78. The average molecular weight is 276 g/mol. The molecule has 1 heterocycles. The first-order valence-corrected chi connectivity index (χ1v) is 6.98. The molecule has 0 fully saturated rings. The molecule has 108 valence electrons. The summed E-state index contributed by atoms with van der Waals surface area (Å²) in [4.78, 5) is 26.3. The highest BCUT2D eigenvalue weighted by atomic mass is 16.4. The molecule has 1 aromatic carbocycles. The van der Waals surface area contributed by atoms with E-state index in [1.807, 2.05) is 0 Å². The van der Waals surface area contributed by atoms with Crippen LogP contribution in [0.4, 0.5) is 0 Å². The van der Waals surface area contributed by atoms with Gasteiger partial charge in [-0.2, -0.15) is 0 Å². The van der Waals surface area contributed by atoms with Gasteiger partial charge in [0.25, 0.3) is 0 Å². The van der Waals surface area contributed by atoms with Crippen molar-refractivity contribution in [3.05, 3.63) is 34.2 Å². The van der Waals surface area contributed by atoms with Crippen molar-refractivity contribution in [2.24, 2.45) is 0 Å². The Morgan fingerprint density at radius 3 is 2.35 bits per heavy atom. The van der Waals surface area contributed by atoms with Crippen LogP contribution in [0.5, 0.6) is 0 Å². The minimum absolute atomic E-state index is 0.135. The summed E-state index contributed by atoms with van der Waals surface area (Å²) in [6, 6.07) is 4.99. The quantitative estimate of drug-likeness (QED) is 0.881. The van der Waals surface area contributed by atoms with Gasteiger partial charge in [0.1, 0.15) is 0 Å².